The van der Waals surface area contributed by atoms with Gasteiger partial charge in [0.15, 0.2) is 9.84 Å². The molecule has 0 amide bonds. The van der Waals surface area contributed by atoms with E-state index in [-0.39, 0.29) is 18.2 Å². The summed E-state index contributed by atoms with van der Waals surface area (Å²) < 4.78 is 30.3. The summed E-state index contributed by atoms with van der Waals surface area (Å²) in [5, 5.41) is 6.61. The lowest BCUT2D eigenvalue weighted by molar-refractivity contribution is 0.414. The molecule has 0 saturated heterocycles. The van der Waals surface area contributed by atoms with Crippen molar-refractivity contribution in [2.75, 3.05) is 35.9 Å². The maximum atomic E-state index is 11.5. The normalized spacial score (nSPS) is 11.1. The van der Waals surface area contributed by atoms with E-state index in [2.05, 4.69) is 20.6 Å². The summed E-state index contributed by atoms with van der Waals surface area (Å²) in [7, 11) is 2.51. The van der Waals surface area contributed by atoms with Gasteiger partial charge < -0.3 is 24.8 Å². The number of rotatable bonds is 10. The third kappa shape index (κ3) is 7.24. The van der Waals surface area contributed by atoms with Crippen molar-refractivity contribution >= 4 is 62.4 Å². The molecule has 0 radical (unpaired) electrons. The topological polar surface area (TPSA) is 114 Å². The van der Waals surface area contributed by atoms with E-state index < -0.39 is 9.84 Å². The number of hydrogen-bond donors (Lipinski definition) is 2. The van der Waals surface area contributed by atoms with E-state index >= 15 is 0 Å². The first kappa shape index (κ1) is 29.6. The standard InChI is InChI=1S/C29H31N7O3S.ClH/c1-35(27-15-16-30-28(34-27)32-22-9-5-21(6-10-22)19-40(4,37)38)23-11-14-26-25(17-23)33-29(36(26)2)31-18-20-7-12-24(39-3)13-8-20;/h5-17H,18-19H2,1-4H3,(H,31,33)(H,30,32,34);1H. The number of benzene rings is 3. The van der Waals surface area contributed by atoms with E-state index in [0.29, 0.717) is 18.3 Å². The Hall–Kier alpha value is -4.35. The summed E-state index contributed by atoms with van der Waals surface area (Å²) in [6, 6.07) is 23.1. The van der Waals surface area contributed by atoms with E-state index in [0.717, 1.165) is 45.2 Å². The molecule has 0 aliphatic carbocycles. The van der Waals surface area contributed by atoms with Crippen LogP contribution in [0, 0.1) is 0 Å². The molecule has 0 bridgehead atoms. The van der Waals surface area contributed by atoms with Crippen LogP contribution in [0.1, 0.15) is 11.1 Å². The molecule has 2 N–H and O–H groups in total. The van der Waals surface area contributed by atoms with Gasteiger partial charge in [0.1, 0.15) is 11.6 Å². The number of ether oxygens (including phenoxy) is 1. The highest BCUT2D eigenvalue weighted by Gasteiger charge is 2.13. The first-order valence-corrected chi connectivity index (χ1v) is 14.7. The lowest BCUT2D eigenvalue weighted by Gasteiger charge is -2.19. The second-order valence-corrected chi connectivity index (χ2v) is 11.7. The number of halogens is 1. The fourth-order valence-electron chi connectivity index (χ4n) is 4.32. The molecule has 214 valence electrons. The number of fused-ring (bicyclic) bond motifs is 1. The number of hydrogen-bond acceptors (Lipinski definition) is 9. The number of methoxy groups -OCH3 is 1. The number of nitrogens with zero attached hydrogens (tertiary/aromatic N) is 5. The second-order valence-electron chi connectivity index (χ2n) is 9.56. The van der Waals surface area contributed by atoms with Crippen molar-refractivity contribution in [2.24, 2.45) is 7.05 Å². The maximum absolute atomic E-state index is 11.5. The SMILES string of the molecule is COc1ccc(CNc2nc3cc(N(C)c4ccnc(Nc5ccc(CS(C)(=O)=O)cc5)n4)ccc3n2C)cc1.Cl. The highest BCUT2D eigenvalue weighted by atomic mass is 35.5. The zero-order chi connectivity index (χ0) is 28.3. The molecule has 12 heteroatoms. The first-order chi connectivity index (χ1) is 19.2. The molecule has 5 aromatic rings. The molecule has 0 spiro atoms. The predicted molar refractivity (Wildman–Crippen MR) is 167 cm³/mol. The Kier molecular flexibility index (Phi) is 8.99. The molecule has 0 aliphatic heterocycles. The number of aryl methyl sites for hydroxylation is 1. The van der Waals surface area contributed by atoms with Crippen molar-refractivity contribution in [1.29, 1.82) is 0 Å². The average molecular weight is 594 g/mol. The van der Waals surface area contributed by atoms with E-state index in [9.17, 15) is 8.42 Å². The third-order valence-electron chi connectivity index (χ3n) is 6.48. The number of nitrogens with one attached hydrogen (secondary N) is 2. The Labute approximate surface area is 245 Å². The number of imidazole rings is 1. The number of anilines is 5. The van der Waals surface area contributed by atoms with E-state index in [1.807, 2.05) is 84.2 Å². The minimum absolute atomic E-state index is 0. The van der Waals surface area contributed by atoms with Gasteiger partial charge in [-0.25, -0.2) is 18.4 Å². The van der Waals surface area contributed by atoms with Crippen LogP contribution in [-0.4, -0.2) is 48.4 Å². The van der Waals surface area contributed by atoms with Gasteiger partial charge in [-0.3, -0.25) is 0 Å². The van der Waals surface area contributed by atoms with Crippen LogP contribution in [0.4, 0.5) is 29.1 Å². The van der Waals surface area contributed by atoms with E-state index in [4.69, 9.17) is 9.72 Å². The molecule has 0 atom stereocenters. The molecular formula is C29H32ClN7O3S. The smallest absolute Gasteiger partial charge is 0.229 e. The Balaban J connectivity index is 0.00000387. The summed E-state index contributed by atoms with van der Waals surface area (Å²) in [6.07, 6.45) is 2.92. The van der Waals surface area contributed by atoms with Gasteiger partial charge in [-0.05, 0) is 59.7 Å². The van der Waals surface area contributed by atoms with Gasteiger partial charge in [0.2, 0.25) is 11.9 Å². The average Bonchev–Trinajstić information content (AvgIpc) is 3.26. The van der Waals surface area contributed by atoms with Crippen LogP contribution in [0.25, 0.3) is 11.0 Å². The molecule has 5 rings (SSSR count). The van der Waals surface area contributed by atoms with Crippen LogP contribution in [-0.2, 0) is 29.2 Å². The largest absolute Gasteiger partial charge is 0.497 e. The highest BCUT2D eigenvalue weighted by Crippen LogP contribution is 2.28. The van der Waals surface area contributed by atoms with Crippen LogP contribution in [0.2, 0.25) is 0 Å². The molecule has 0 fully saturated rings. The summed E-state index contributed by atoms with van der Waals surface area (Å²) in [5.74, 6) is 2.76. The summed E-state index contributed by atoms with van der Waals surface area (Å²) in [5.41, 5.74) is 5.44. The van der Waals surface area contributed by atoms with Gasteiger partial charge >= 0.3 is 0 Å². The van der Waals surface area contributed by atoms with E-state index in [1.165, 1.54) is 6.26 Å². The Morgan fingerprint density at radius 1 is 0.951 bits per heavy atom. The lowest BCUT2D eigenvalue weighted by atomic mass is 10.2. The van der Waals surface area contributed by atoms with Gasteiger partial charge in [0.25, 0.3) is 0 Å². The Morgan fingerprint density at radius 2 is 1.66 bits per heavy atom. The minimum Gasteiger partial charge on any atom is -0.497 e. The van der Waals surface area contributed by atoms with Gasteiger partial charge in [-0.1, -0.05) is 24.3 Å². The summed E-state index contributed by atoms with van der Waals surface area (Å²) in [6.45, 7) is 0.644. The molecule has 10 nitrogen and oxygen atoms in total. The first-order valence-electron chi connectivity index (χ1n) is 12.6. The summed E-state index contributed by atoms with van der Waals surface area (Å²) >= 11 is 0. The minimum atomic E-state index is -3.09. The maximum Gasteiger partial charge on any atom is 0.229 e. The number of aromatic nitrogens is 4. The molecule has 2 heterocycles. The summed E-state index contributed by atoms with van der Waals surface area (Å²) in [4.78, 5) is 15.8. The Bertz CT molecular complexity index is 1740. The van der Waals surface area contributed by atoms with Crippen molar-refractivity contribution in [2.45, 2.75) is 12.3 Å². The van der Waals surface area contributed by atoms with Crippen LogP contribution in [0.3, 0.4) is 0 Å². The molecule has 2 aromatic heterocycles. The van der Waals surface area contributed by atoms with Crippen LogP contribution in [0.15, 0.2) is 79.0 Å². The number of sulfone groups is 1. The monoisotopic (exact) mass is 593 g/mol. The molecule has 41 heavy (non-hydrogen) atoms. The molecule has 0 unspecified atom stereocenters. The molecule has 3 aromatic carbocycles. The van der Waals surface area contributed by atoms with E-state index in [1.54, 1.807) is 25.4 Å². The Morgan fingerprint density at radius 3 is 2.34 bits per heavy atom. The van der Waals surface area contributed by atoms with Crippen molar-refractivity contribution in [3.8, 4) is 5.75 Å². The molecular weight excluding hydrogens is 562 g/mol. The van der Waals surface area contributed by atoms with Crippen LogP contribution >= 0.6 is 12.4 Å². The van der Waals surface area contributed by atoms with Gasteiger partial charge in [-0.15, -0.1) is 12.4 Å². The van der Waals surface area contributed by atoms with Crippen molar-refractivity contribution < 1.29 is 13.2 Å². The van der Waals surface area contributed by atoms with Crippen LogP contribution in [0.5, 0.6) is 5.75 Å². The lowest BCUT2D eigenvalue weighted by Crippen LogP contribution is -2.12. The van der Waals surface area contributed by atoms with Gasteiger partial charge in [0.05, 0.1) is 23.9 Å². The fourth-order valence-corrected chi connectivity index (χ4v) is 5.12. The third-order valence-corrected chi connectivity index (χ3v) is 7.34. The van der Waals surface area contributed by atoms with Crippen LogP contribution < -0.4 is 20.3 Å². The zero-order valence-electron chi connectivity index (χ0n) is 23.2. The quantitative estimate of drug-likeness (QED) is 0.218. The van der Waals surface area contributed by atoms with Gasteiger partial charge in [-0.2, -0.15) is 4.98 Å². The zero-order valence-corrected chi connectivity index (χ0v) is 24.8. The van der Waals surface area contributed by atoms with Crippen molar-refractivity contribution in [1.82, 2.24) is 19.5 Å². The molecule has 0 aliphatic rings. The van der Waals surface area contributed by atoms with Crippen molar-refractivity contribution in [3.63, 3.8) is 0 Å². The van der Waals surface area contributed by atoms with Crippen molar-refractivity contribution in [3.05, 3.63) is 90.1 Å². The van der Waals surface area contributed by atoms with Gasteiger partial charge in [0, 0.05) is 44.5 Å². The second kappa shape index (κ2) is 12.4. The fraction of sp³-hybridized carbons (Fsp3) is 0.207. The highest BCUT2D eigenvalue weighted by molar-refractivity contribution is 7.89. The molecule has 0 saturated carbocycles. The predicted octanol–water partition coefficient (Wildman–Crippen LogP) is 5.46.